The second-order valence-corrected chi connectivity index (χ2v) is 7.78. The molecule has 0 atom stereocenters. The lowest BCUT2D eigenvalue weighted by Crippen LogP contribution is -2.21. The van der Waals surface area contributed by atoms with Gasteiger partial charge in [-0.3, -0.25) is 0 Å². The first kappa shape index (κ1) is 19.9. The minimum Gasteiger partial charge on any atom is -0.494 e. The second kappa shape index (κ2) is 7.92. The zero-order valence-electron chi connectivity index (χ0n) is 16.9. The normalized spacial score (nSPS) is 15.3. The Balaban J connectivity index is 1.40. The molecule has 0 unspecified atom stereocenters. The number of fused-ring (bicyclic) bond motifs is 3. The number of hydrogen-bond donors (Lipinski definition) is 0. The number of likely N-dealkylation sites (tertiary alicyclic amines) is 1. The number of para-hydroxylation sites is 1. The molecule has 0 N–H and O–H groups in total. The lowest BCUT2D eigenvalue weighted by Gasteiger charge is -2.14. The molecule has 1 aliphatic heterocycles. The maximum absolute atomic E-state index is 13.6. The van der Waals surface area contributed by atoms with Crippen molar-refractivity contribution in [2.45, 2.75) is 25.4 Å². The van der Waals surface area contributed by atoms with E-state index in [2.05, 4.69) is 10.00 Å². The molecule has 1 fully saturated rings. The Morgan fingerprint density at radius 2 is 1.74 bits per heavy atom. The number of benzene rings is 2. The highest BCUT2D eigenvalue weighted by Crippen LogP contribution is 2.39. The van der Waals surface area contributed by atoms with E-state index in [4.69, 9.17) is 9.15 Å². The number of ether oxygens (including phenoxy) is 1. The van der Waals surface area contributed by atoms with Crippen LogP contribution in [0.25, 0.3) is 27.8 Å². The number of furan rings is 1. The first-order valence-corrected chi connectivity index (χ1v) is 10.4. The zero-order valence-corrected chi connectivity index (χ0v) is 16.9. The van der Waals surface area contributed by atoms with Crippen LogP contribution in [0.5, 0.6) is 5.75 Å². The highest BCUT2D eigenvalue weighted by molar-refractivity contribution is 6.04. The molecule has 0 aliphatic carbocycles. The van der Waals surface area contributed by atoms with Gasteiger partial charge in [-0.05, 0) is 68.8 Å². The van der Waals surface area contributed by atoms with Crippen LogP contribution in [-0.4, -0.2) is 40.9 Å². The van der Waals surface area contributed by atoms with Gasteiger partial charge in [0.2, 0.25) is 5.69 Å². The molecule has 5 rings (SSSR count). The van der Waals surface area contributed by atoms with E-state index < -0.39 is 11.9 Å². The molecule has 8 heteroatoms. The number of alkyl halides is 3. The van der Waals surface area contributed by atoms with Crippen LogP contribution in [0.15, 0.2) is 52.9 Å². The molecule has 0 amide bonds. The minimum atomic E-state index is -4.62. The minimum absolute atomic E-state index is 0.254. The Hall–Kier alpha value is -3.00. The third-order valence-electron chi connectivity index (χ3n) is 5.63. The van der Waals surface area contributed by atoms with E-state index in [1.165, 1.54) is 17.5 Å². The van der Waals surface area contributed by atoms with Crippen LogP contribution in [0.3, 0.4) is 0 Å². The Morgan fingerprint density at radius 1 is 1.00 bits per heavy atom. The standard InChI is InChI=1S/C23H22F3N3O2/c24-23(25,26)22-21-20(18-6-1-2-7-19(18)31-21)29(27-22)16-8-10-17(11-9-16)30-15-5-14-28-12-3-4-13-28/h1-2,6-11H,3-5,12-15H2. The molecule has 0 spiro atoms. The molecule has 3 heterocycles. The van der Waals surface area contributed by atoms with E-state index in [0.29, 0.717) is 34.5 Å². The van der Waals surface area contributed by atoms with Crippen molar-refractivity contribution in [1.82, 2.24) is 14.7 Å². The van der Waals surface area contributed by atoms with E-state index >= 15 is 0 Å². The highest BCUT2D eigenvalue weighted by atomic mass is 19.4. The molecule has 1 aliphatic rings. The van der Waals surface area contributed by atoms with Gasteiger partial charge < -0.3 is 14.1 Å². The fraction of sp³-hybridized carbons (Fsp3) is 0.348. The van der Waals surface area contributed by atoms with Crippen molar-refractivity contribution in [3.63, 3.8) is 0 Å². The van der Waals surface area contributed by atoms with Gasteiger partial charge in [-0.15, -0.1) is 0 Å². The first-order valence-electron chi connectivity index (χ1n) is 10.4. The van der Waals surface area contributed by atoms with E-state index in [0.717, 1.165) is 26.1 Å². The van der Waals surface area contributed by atoms with Crippen LogP contribution < -0.4 is 4.74 Å². The summed E-state index contributed by atoms with van der Waals surface area (Å²) >= 11 is 0. The number of hydrogen-bond acceptors (Lipinski definition) is 4. The van der Waals surface area contributed by atoms with Crippen molar-refractivity contribution in [1.29, 1.82) is 0 Å². The van der Waals surface area contributed by atoms with Crippen LogP contribution in [0.1, 0.15) is 25.0 Å². The van der Waals surface area contributed by atoms with E-state index in [1.807, 2.05) is 0 Å². The number of halogens is 3. The average Bonchev–Trinajstić information content (AvgIpc) is 3.47. The molecule has 4 aromatic rings. The molecular formula is C23H22F3N3O2. The van der Waals surface area contributed by atoms with Crippen LogP contribution in [0.4, 0.5) is 13.2 Å². The summed E-state index contributed by atoms with van der Waals surface area (Å²) in [5.74, 6) is 0.682. The summed E-state index contributed by atoms with van der Waals surface area (Å²) in [6.45, 7) is 3.95. The summed E-state index contributed by atoms with van der Waals surface area (Å²) in [6, 6.07) is 13.8. The fourth-order valence-corrected chi connectivity index (χ4v) is 4.14. The van der Waals surface area contributed by atoms with Crippen LogP contribution in [-0.2, 0) is 6.18 Å². The lowest BCUT2D eigenvalue weighted by molar-refractivity contribution is -0.140. The summed E-state index contributed by atoms with van der Waals surface area (Å²) in [5.41, 5.74) is -0.0670. The molecule has 0 saturated carbocycles. The Labute approximate surface area is 177 Å². The molecule has 1 saturated heterocycles. The van der Waals surface area contributed by atoms with Crippen molar-refractivity contribution in [3.05, 3.63) is 54.2 Å². The molecule has 5 nitrogen and oxygen atoms in total. The van der Waals surface area contributed by atoms with Gasteiger partial charge in [0.15, 0.2) is 5.58 Å². The van der Waals surface area contributed by atoms with Crippen molar-refractivity contribution in [3.8, 4) is 11.4 Å². The Morgan fingerprint density at radius 3 is 2.48 bits per heavy atom. The van der Waals surface area contributed by atoms with Crippen molar-refractivity contribution >= 4 is 22.1 Å². The van der Waals surface area contributed by atoms with Gasteiger partial charge in [-0.2, -0.15) is 18.3 Å². The van der Waals surface area contributed by atoms with Crippen molar-refractivity contribution in [2.24, 2.45) is 0 Å². The number of rotatable bonds is 6. The van der Waals surface area contributed by atoms with Crippen LogP contribution in [0.2, 0.25) is 0 Å². The van der Waals surface area contributed by atoms with Gasteiger partial charge in [-0.25, -0.2) is 4.68 Å². The third-order valence-corrected chi connectivity index (χ3v) is 5.63. The lowest BCUT2D eigenvalue weighted by atomic mass is 10.2. The molecule has 2 aromatic heterocycles. The molecule has 2 aromatic carbocycles. The smallest absolute Gasteiger partial charge is 0.438 e. The van der Waals surface area contributed by atoms with E-state index in [9.17, 15) is 13.2 Å². The summed E-state index contributed by atoms with van der Waals surface area (Å²) < 4.78 is 53.3. The highest BCUT2D eigenvalue weighted by Gasteiger charge is 2.39. The monoisotopic (exact) mass is 429 g/mol. The SMILES string of the molecule is FC(F)(F)c1nn(-c2ccc(OCCCN3CCCC3)cc2)c2c1oc1ccccc12. The van der Waals surface area contributed by atoms with Gasteiger partial charge >= 0.3 is 6.18 Å². The largest absolute Gasteiger partial charge is 0.494 e. The van der Waals surface area contributed by atoms with E-state index in [-0.39, 0.29) is 5.58 Å². The predicted octanol–water partition coefficient (Wildman–Crippen LogP) is 5.66. The van der Waals surface area contributed by atoms with Crippen LogP contribution >= 0.6 is 0 Å². The zero-order chi connectivity index (χ0) is 21.4. The number of nitrogens with zero attached hydrogens (tertiary/aromatic N) is 3. The van der Waals surface area contributed by atoms with Gasteiger partial charge in [-0.1, -0.05) is 12.1 Å². The van der Waals surface area contributed by atoms with Crippen molar-refractivity contribution < 1.29 is 22.3 Å². The summed E-state index contributed by atoms with van der Waals surface area (Å²) in [6.07, 6.45) is -1.14. The fourth-order valence-electron chi connectivity index (χ4n) is 4.14. The quantitative estimate of drug-likeness (QED) is 0.371. The summed E-state index contributed by atoms with van der Waals surface area (Å²) in [5, 5.41) is 4.43. The van der Waals surface area contributed by atoms with Crippen LogP contribution in [0, 0.1) is 0 Å². The van der Waals surface area contributed by atoms with Gasteiger partial charge in [0.1, 0.15) is 16.8 Å². The Kier molecular flexibility index (Phi) is 5.09. The van der Waals surface area contributed by atoms with E-state index in [1.54, 1.807) is 48.5 Å². The van der Waals surface area contributed by atoms with Gasteiger partial charge in [0.25, 0.3) is 0 Å². The maximum atomic E-state index is 13.6. The topological polar surface area (TPSA) is 43.4 Å². The van der Waals surface area contributed by atoms with Gasteiger partial charge in [0.05, 0.1) is 12.3 Å². The maximum Gasteiger partial charge on any atom is 0.438 e. The first-order chi connectivity index (χ1) is 15.0. The molecule has 162 valence electrons. The predicted molar refractivity (Wildman–Crippen MR) is 112 cm³/mol. The third kappa shape index (κ3) is 3.87. The molecule has 0 bridgehead atoms. The molecule has 0 radical (unpaired) electrons. The summed E-state index contributed by atoms with van der Waals surface area (Å²) in [7, 11) is 0. The average molecular weight is 429 g/mol. The number of aromatic nitrogens is 2. The Bertz CT molecular complexity index is 1190. The molecule has 31 heavy (non-hydrogen) atoms. The van der Waals surface area contributed by atoms with Crippen molar-refractivity contribution in [2.75, 3.05) is 26.2 Å². The summed E-state index contributed by atoms with van der Waals surface area (Å²) in [4.78, 5) is 2.43. The molecular weight excluding hydrogens is 407 g/mol. The second-order valence-electron chi connectivity index (χ2n) is 7.78. The van der Waals surface area contributed by atoms with Gasteiger partial charge in [0, 0.05) is 11.9 Å².